The number of hydrogen-bond donors (Lipinski definition) is 4. The highest BCUT2D eigenvalue weighted by Crippen LogP contribution is 2.36. The number of aromatic nitrogens is 1. The average Bonchev–Trinajstić information content (AvgIpc) is 3.40. The Hall–Kier alpha value is -4.62. The van der Waals surface area contributed by atoms with Crippen molar-refractivity contribution in [2.24, 2.45) is 5.16 Å². The van der Waals surface area contributed by atoms with Gasteiger partial charge in [-0.05, 0) is 66.7 Å². The Morgan fingerprint density at radius 2 is 1.87 bits per heavy atom. The van der Waals surface area contributed by atoms with Crippen LogP contribution < -0.4 is 20.3 Å². The number of esters is 1. The van der Waals surface area contributed by atoms with Gasteiger partial charge in [-0.3, -0.25) is 9.59 Å². The maximum absolute atomic E-state index is 13.6. The number of anilines is 1. The van der Waals surface area contributed by atoms with Gasteiger partial charge in [0, 0.05) is 11.9 Å². The molecular formula is C28H34N6O11S2. The third kappa shape index (κ3) is 7.86. The average molecular weight is 695 g/mol. The van der Waals surface area contributed by atoms with Gasteiger partial charge < -0.3 is 30.1 Å². The molecule has 4 N–H and O–H groups in total. The summed E-state index contributed by atoms with van der Waals surface area (Å²) in [6.07, 6.45) is -0.660. The summed E-state index contributed by atoms with van der Waals surface area (Å²) in [5.74, 6) is -3.69. The molecule has 1 aromatic carbocycles. The Bertz CT molecular complexity index is 1760. The fourth-order valence-corrected chi connectivity index (χ4v) is 6.18. The Labute approximate surface area is 273 Å². The van der Waals surface area contributed by atoms with Gasteiger partial charge in [-0.25, -0.2) is 37.4 Å². The minimum atomic E-state index is -4.19. The topological polar surface area (TPSA) is 232 Å². The van der Waals surface area contributed by atoms with Gasteiger partial charge in [0.15, 0.2) is 16.6 Å². The molecule has 0 radical (unpaired) electrons. The van der Waals surface area contributed by atoms with Crippen LogP contribution in [0.15, 0.2) is 39.7 Å². The molecule has 2 fully saturated rings. The lowest BCUT2D eigenvalue weighted by molar-refractivity contribution is -0.179. The van der Waals surface area contributed by atoms with Gasteiger partial charge in [0.05, 0.1) is 16.5 Å². The number of nitrogens with zero attached hydrogens (tertiary/aromatic N) is 3. The highest BCUT2D eigenvalue weighted by atomic mass is 32.2. The number of cyclic esters (lactones) is 1. The van der Waals surface area contributed by atoms with E-state index in [1.165, 1.54) is 42.3 Å². The van der Waals surface area contributed by atoms with E-state index in [-0.39, 0.29) is 27.8 Å². The van der Waals surface area contributed by atoms with Gasteiger partial charge in [-0.1, -0.05) is 11.2 Å². The van der Waals surface area contributed by atoms with Crippen LogP contribution in [-0.4, -0.2) is 89.6 Å². The highest BCUT2D eigenvalue weighted by molar-refractivity contribution is 7.89. The summed E-state index contributed by atoms with van der Waals surface area (Å²) in [7, 11) is -4.19. The number of thiazole rings is 1. The third-order valence-corrected chi connectivity index (χ3v) is 8.89. The predicted octanol–water partition coefficient (Wildman–Crippen LogP) is 1.34. The summed E-state index contributed by atoms with van der Waals surface area (Å²) in [6.45, 7) is 10.6. The molecule has 2 aromatic rings. The molecule has 2 aliphatic heterocycles. The molecule has 3 heterocycles. The first-order valence-electron chi connectivity index (χ1n) is 14.0. The van der Waals surface area contributed by atoms with E-state index in [9.17, 15) is 37.5 Å². The van der Waals surface area contributed by atoms with Crippen molar-refractivity contribution >= 4 is 62.0 Å². The van der Waals surface area contributed by atoms with Crippen LogP contribution in [0.3, 0.4) is 0 Å². The molecule has 4 rings (SSSR count). The number of carboxylic acid groups (broad SMARTS) is 1. The van der Waals surface area contributed by atoms with Crippen LogP contribution in [0.25, 0.3) is 0 Å². The van der Waals surface area contributed by atoms with Gasteiger partial charge in [-0.2, -0.15) is 0 Å². The standard InChI is InChI=1S/C28H34N6O11S2/c1-26(2,3)43-23(39)27(4,5)45-33-19(17-13-46-24(31-17)34-25(40)44-28(34,6)7)21(36)32-18-16(30-20(18)35)12-29-47(41,42)15-10-8-9-14(11-15)22(37)38/h8-11,13,16,18,29H,12H2,1-7H3,(H,30,35)(H,32,36)(H,37,38)/b33-19-/t16-,18+/m1/s1. The van der Waals surface area contributed by atoms with Crippen LogP contribution in [0.1, 0.15) is 64.5 Å². The van der Waals surface area contributed by atoms with Crippen molar-refractivity contribution in [1.82, 2.24) is 20.3 Å². The third-order valence-electron chi connectivity index (χ3n) is 6.64. The number of oxime groups is 1. The highest BCUT2D eigenvalue weighted by Gasteiger charge is 2.49. The zero-order chi connectivity index (χ0) is 35.1. The summed E-state index contributed by atoms with van der Waals surface area (Å²) >= 11 is 0.997. The molecular weight excluding hydrogens is 660 g/mol. The van der Waals surface area contributed by atoms with Crippen molar-refractivity contribution in [3.05, 3.63) is 40.9 Å². The van der Waals surface area contributed by atoms with Crippen molar-refractivity contribution in [2.75, 3.05) is 11.4 Å². The molecule has 2 saturated heterocycles. The minimum Gasteiger partial charge on any atom is -0.478 e. The first kappa shape index (κ1) is 35.2. The van der Waals surface area contributed by atoms with E-state index in [0.717, 1.165) is 17.4 Å². The summed E-state index contributed by atoms with van der Waals surface area (Å²) in [5, 5.41) is 19.7. The van der Waals surface area contributed by atoms with Gasteiger partial charge in [0.25, 0.3) is 5.91 Å². The van der Waals surface area contributed by atoms with Crippen LogP contribution in [0, 0.1) is 0 Å². The normalized spacial score (nSPS) is 19.5. The van der Waals surface area contributed by atoms with Crippen molar-refractivity contribution in [3.8, 4) is 0 Å². The number of rotatable bonds is 12. The van der Waals surface area contributed by atoms with E-state index in [1.54, 1.807) is 34.6 Å². The number of amides is 3. The van der Waals surface area contributed by atoms with Gasteiger partial charge in [0.2, 0.25) is 21.5 Å². The number of carbonyl (C=O) groups is 5. The number of nitrogens with one attached hydrogen (secondary N) is 3. The number of sulfonamides is 1. The number of carboxylic acids is 1. The Balaban J connectivity index is 1.55. The first-order chi connectivity index (χ1) is 21.6. The Kier molecular flexibility index (Phi) is 9.39. The van der Waals surface area contributed by atoms with Gasteiger partial charge in [0.1, 0.15) is 17.3 Å². The van der Waals surface area contributed by atoms with Crippen molar-refractivity contribution in [2.45, 2.75) is 82.4 Å². The Morgan fingerprint density at radius 1 is 1.19 bits per heavy atom. The number of ether oxygens (including phenoxy) is 2. The van der Waals surface area contributed by atoms with E-state index in [4.69, 9.17) is 14.3 Å². The summed E-state index contributed by atoms with van der Waals surface area (Å²) in [4.78, 5) is 72.9. The quantitative estimate of drug-likeness (QED) is 0.107. The summed E-state index contributed by atoms with van der Waals surface area (Å²) < 4.78 is 38.4. The van der Waals surface area contributed by atoms with E-state index < -0.39 is 74.6 Å². The largest absolute Gasteiger partial charge is 0.478 e. The SMILES string of the molecule is CC(C)(C)OC(=O)C(C)(C)O/N=C(\C(=O)N[C@@H]1C(=O)N[C@@H]1CNS(=O)(=O)c1cccc(C(=O)O)c1)c1csc(N2C(=O)OC2(C)C)n1. The van der Waals surface area contributed by atoms with Crippen molar-refractivity contribution in [3.63, 3.8) is 0 Å². The predicted molar refractivity (Wildman–Crippen MR) is 165 cm³/mol. The van der Waals surface area contributed by atoms with E-state index >= 15 is 0 Å². The molecule has 2 atom stereocenters. The summed E-state index contributed by atoms with van der Waals surface area (Å²) in [5.41, 5.74) is -4.28. The lowest BCUT2D eigenvalue weighted by atomic mass is 9.99. The van der Waals surface area contributed by atoms with Crippen LogP contribution in [0.4, 0.5) is 9.93 Å². The molecule has 47 heavy (non-hydrogen) atoms. The van der Waals surface area contributed by atoms with E-state index in [0.29, 0.717) is 0 Å². The molecule has 0 spiro atoms. The van der Waals surface area contributed by atoms with Crippen molar-refractivity contribution in [1.29, 1.82) is 0 Å². The van der Waals surface area contributed by atoms with Crippen LogP contribution in [-0.2, 0) is 38.7 Å². The fourth-order valence-electron chi connectivity index (χ4n) is 4.14. The van der Waals surface area contributed by atoms with E-state index in [2.05, 4.69) is 25.5 Å². The van der Waals surface area contributed by atoms with E-state index in [1.807, 2.05) is 0 Å². The molecule has 2 aliphatic rings. The molecule has 0 bridgehead atoms. The van der Waals surface area contributed by atoms with Crippen LogP contribution in [0.5, 0.6) is 0 Å². The molecule has 0 unspecified atom stereocenters. The molecule has 19 heteroatoms. The second-order valence-corrected chi connectivity index (χ2v) is 15.1. The maximum Gasteiger partial charge on any atom is 0.421 e. The van der Waals surface area contributed by atoms with Crippen LogP contribution >= 0.6 is 11.3 Å². The smallest absolute Gasteiger partial charge is 0.421 e. The van der Waals surface area contributed by atoms with Gasteiger partial charge in [-0.15, -0.1) is 11.3 Å². The molecule has 17 nitrogen and oxygen atoms in total. The second-order valence-electron chi connectivity index (χ2n) is 12.5. The number of hydrogen-bond acceptors (Lipinski definition) is 13. The Morgan fingerprint density at radius 3 is 2.45 bits per heavy atom. The number of aromatic carboxylic acids is 1. The lowest BCUT2D eigenvalue weighted by Gasteiger charge is -2.44. The lowest BCUT2D eigenvalue weighted by Crippen LogP contribution is -2.72. The number of carbonyl (C=O) groups excluding carboxylic acids is 4. The van der Waals surface area contributed by atoms with Crippen molar-refractivity contribution < 1.29 is 51.8 Å². The molecule has 0 aliphatic carbocycles. The number of benzene rings is 1. The molecule has 1 aromatic heterocycles. The van der Waals surface area contributed by atoms with Gasteiger partial charge >= 0.3 is 18.0 Å². The van der Waals surface area contributed by atoms with Crippen LogP contribution in [0.2, 0.25) is 0 Å². The molecule has 254 valence electrons. The molecule has 0 saturated carbocycles. The number of β-lactam (4-membered cyclic amide) rings is 1. The zero-order valence-corrected chi connectivity index (χ0v) is 28.1. The maximum atomic E-state index is 13.6. The molecule has 3 amide bonds. The monoisotopic (exact) mass is 694 g/mol. The second kappa shape index (κ2) is 12.5. The fraction of sp³-hybridized carbons (Fsp3) is 0.464. The zero-order valence-electron chi connectivity index (χ0n) is 26.4. The summed E-state index contributed by atoms with van der Waals surface area (Å²) in [6, 6.07) is 2.55. The first-order valence-corrected chi connectivity index (χ1v) is 16.4. The minimum absolute atomic E-state index is 0.0618.